The molecule has 1 aliphatic rings. The fourth-order valence-corrected chi connectivity index (χ4v) is 2.70. The maximum atomic E-state index is 10.9. The van der Waals surface area contributed by atoms with E-state index in [-0.39, 0.29) is 6.04 Å². The summed E-state index contributed by atoms with van der Waals surface area (Å²) in [7, 11) is 0. The number of benzene rings is 1. The van der Waals surface area contributed by atoms with Gasteiger partial charge in [0.25, 0.3) is 0 Å². The second kappa shape index (κ2) is 4.88. The maximum absolute atomic E-state index is 10.9. The van der Waals surface area contributed by atoms with Crippen molar-refractivity contribution in [2.24, 2.45) is 5.92 Å². The molecule has 92 valence electrons. The Balaban J connectivity index is 2.21. The van der Waals surface area contributed by atoms with Crippen LogP contribution in [0, 0.1) is 5.92 Å². The maximum Gasteiger partial charge on any atom is 0.335 e. The molecular weight excluding hydrogens is 214 g/mol. The van der Waals surface area contributed by atoms with Crippen LogP contribution in [-0.4, -0.2) is 17.1 Å². The quantitative estimate of drug-likeness (QED) is 0.825. The van der Waals surface area contributed by atoms with Gasteiger partial charge in [0, 0.05) is 12.1 Å². The van der Waals surface area contributed by atoms with Crippen LogP contribution in [0.1, 0.15) is 48.7 Å². The molecule has 3 heteroatoms. The molecular formula is C14H19NO2. The monoisotopic (exact) mass is 233 g/mol. The Labute approximate surface area is 102 Å². The van der Waals surface area contributed by atoms with Crippen molar-refractivity contribution in [2.75, 3.05) is 0 Å². The van der Waals surface area contributed by atoms with Crippen molar-refractivity contribution >= 4 is 5.97 Å². The van der Waals surface area contributed by atoms with Gasteiger partial charge >= 0.3 is 5.97 Å². The molecule has 0 radical (unpaired) electrons. The van der Waals surface area contributed by atoms with Gasteiger partial charge in [0.05, 0.1) is 5.56 Å². The minimum atomic E-state index is -0.858. The molecule has 1 aliphatic heterocycles. The zero-order valence-corrected chi connectivity index (χ0v) is 10.3. The van der Waals surface area contributed by atoms with Crippen molar-refractivity contribution in [1.29, 1.82) is 0 Å². The topological polar surface area (TPSA) is 49.3 Å². The highest BCUT2D eigenvalue weighted by Gasteiger charge is 2.24. The Morgan fingerprint density at radius 2 is 2.12 bits per heavy atom. The summed E-state index contributed by atoms with van der Waals surface area (Å²) in [5.41, 5.74) is 1.46. The number of aromatic carboxylic acids is 1. The largest absolute Gasteiger partial charge is 0.478 e. The lowest BCUT2D eigenvalue weighted by atomic mass is 9.86. The van der Waals surface area contributed by atoms with E-state index in [4.69, 9.17) is 5.11 Å². The van der Waals surface area contributed by atoms with Crippen LogP contribution >= 0.6 is 0 Å². The molecule has 3 nitrogen and oxygen atoms in total. The minimum Gasteiger partial charge on any atom is -0.478 e. The van der Waals surface area contributed by atoms with Gasteiger partial charge in [0.15, 0.2) is 0 Å². The summed E-state index contributed by atoms with van der Waals surface area (Å²) < 4.78 is 0. The average Bonchev–Trinajstić information content (AvgIpc) is 2.28. The Bertz CT molecular complexity index is 406. The van der Waals surface area contributed by atoms with Gasteiger partial charge < -0.3 is 10.4 Å². The van der Waals surface area contributed by atoms with Crippen LogP contribution in [-0.2, 0) is 0 Å². The van der Waals surface area contributed by atoms with Gasteiger partial charge in [-0.15, -0.1) is 0 Å². The van der Waals surface area contributed by atoms with Gasteiger partial charge in [-0.05, 0) is 43.4 Å². The Hall–Kier alpha value is -1.35. The van der Waals surface area contributed by atoms with Crippen LogP contribution < -0.4 is 5.32 Å². The molecule has 2 rings (SSSR count). The predicted molar refractivity (Wildman–Crippen MR) is 67.1 cm³/mol. The van der Waals surface area contributed by atoms with E-state index in [0.717, 1.165) is 12.0 Å². The van der Waals surface area contributed by atoms with E-state index in [9.17, 15) is 4.79 Å². The number of piperidine rings is 1. The zero-order chi connectivity index (χ0) is 12.4. The number of carbonyl (C=O) groups is 1. The highest BCUT2D eigenvalue weighted by atomic mass is 16.4. The Morgan fingerprint density at radius 1 is 1.35 bits per heavy atom. The molecule has 0 amide bonds. The highest BCUT2D eigenvalue weighted by molar-refractivity contribution is 5.87. The summed E-state index contributed by atoms with van der Waals surface area (Å²) in [5, 5.41) is 12.5. The molecule has 3 atom stereocenters. The third-order valence-electron chi connectivity index (χ3n) is 3.42. The SMILES string of the molecule is CC1CC(C)NC(c2cccc(C(=O)O)c2)C1. The molecule has 17 heavy (non-hydrogen) atoms. The first-order valence-electron chi connectivity index (χ1n) is 6.15. The summed E-state index contributed by atoms with van der Waals surface area (Å²) in [6, 6.07) is 8.04. The summed E-state index contributed by atoms with van der Waals surface area (Å²) in [4.78, 5) is 10.9. The normalized spacial score (nSPS) is 28.9. The van der Waals surface area contributed by atoms with Crippen molar-refractivity contribution in [3.63, 3.8) is 0 Å². The zero-order valence-electron chi connectivity index (χ0n) is 10.3. The van der Waals surface area contributed by atoms with Gasteiger partial charge in [-0.25, -0.2) is 4.79 Å². The summed E-state index contributed by atoms with van der Waals surface area (Å²) in [5.74, 6) is -0.173. The van der Waals surface area contributed by atoms with E-state index in [1.807, 2.05) is 12.1 Å². The lowest BCUT2D eigenvalue weighted by Gasteiger charge is -2.33. The van der Waals surface area contributed by atoms with Crippen molar-refractivity contribution in [3.8, 4) is 0 Å². The second-order valence-corrected chi connectivity index (χ2v) is 5.13. The molecule has 0 saturated carbocycles. The number of hydrogen-bond donors (Lipinski definition) is 2. The molecule has 0 aliphatic carbocycles. The van der Waals surface area contributed by atoms with Gasteiger partial charge in [-0.1, -0.05) is 19.1 Å². The number of carboxylic acid groups (broad SMARTS) is 1. The highest BCUT2D eigenvalue weighted by Crippen LogP contribution is 2.29. The molecule has 1 saturated heterocycles. The number of nitrogens with one attached hydrogen (secondary N) is 1. The van der Waals surface area contributed by atoms with E-state index in [0.29, 0.717) is 17.5 Å². The van der Waals surface area contributed by atoms with Gasteiger partial charge in [-0.2, -0.15) is 0 Å². The summed E-state index contributed by atoms with van der Waals surface area (Å²) >= 11 is 0. The van der Waals surface area contributed by atoms with E-state index in [1.165, 1.54) is 6.42 Å². The van der Waals surface area contributed by atoms with E-state index < -0.39 is 5.97 Å². The lowest BCUT2D eigenvalue weighted by molar-refractivity contribution is 0.0696. The van der Waals surface area contributed by atoms with Crippen LogP contribution in [0.2, 0.25) is 0 Å². The number of carboxylic acids is 1. The first-order chi connectivity index (χ1) is 8.06. The smallest absolute Gasteiger partial charge is 0.335 e. The fraction of sp³-hybridized carbons (Fsp3) is 0.500. The third-order valence-corrected chi connectivity index (χ3v) is 3.42. The van der Waals surface area contributed by atoms with E-state index in [2.05, 4.69) is 19.2 Å². The number of hydrogen-bond acceptors (Lipinski definition) is 2. The molecule has 1 fully saturated rings. The first-order valence-corrected chi connectivity index (χ1v) is 6.15. The van der Waals surface area contributed by atoms with E-state index >= 15 is 0 Å². The molecule has 0 aromatic heterocycles. The van der Waals surface area contributed by atoms with Gasteiger partial charge in [0.2, 0.25) is 0 Å². The van der Waals surface area contributed by atoms with Crippen molar-refractivity contribution in [3.05, 3.63) is 35.4 Å². The molecule has 2 N–H and O–H groups in total. The molecule has 1 heterocycles. The Morgan fingerprint density at radius 3 is 2.76 bits per heavy atom. The van der Waals surface area contributed by atoms with Crippen LogP contribution in [0.5, 0.6) is 0 Å². The fourth-order valence-electron chi connectivity index (χ4n) is 2.70. The second-order valence-electron chi connectivity index (χ2n) is 5.13. The van der Waals surface area contributed by atoms with E-state index in [1.54, 1.807) is 12.1 Å². The van der Waals surface area contributed by atoms with Gasteiger partial charge in [-0.3, -0.25) is 0 Å². The minimum absolute atomic E-state index is 0.285. The van der Waals surface area contributed by atoms with Crippen LogP contribution in [0.4, 0.5) is 0 Å². The lowest BCUT2D eigenvalue weighted by Crippen LogP contribution is -2.37. The molecule has 0 bridgehead atoms. The van der Waals surface area contributed by atoms with Crippen molar-refractivity contribution in [1.82, 2.24) is 5.32 Å². The van der Waals surface area contributed by atoms with Crippen molar-refractivity contribution < 1.29 is 9.90 Å². The van der Waals surface area contributed by atoms with Gasteiger partial charge in [0.1, 0.15) is 0 Å². The summed E-state index contributed by atoms with van der Waals surface area (Å²) in [6.07, 6.45) is 2.27. The number of rotatable bonds is 2. The molecule has 0 spiro atoms. The third kappa shape index (κ3) is 2.86. The van der Waals surface area contributed by atoms with Crippen LogP contribution in [0.15, 0.2) is 24.3 Å². The standard InChI is InChI=1S/C14H19NO2/c1-9-6-10(2)15-13(7-9)11-4-3-5-12(8-11)14(16)17/h3-5,8-10,13,15H,6-7H2,1-2H3,(H,16,17). The van der Waals surface area contributed by atoms with Crippen LogP contribution in [0.3, 0.4) is 0 Å². The van der Waals surface area contributed by atoms with Crippen molar-refractivity contribution in [2.45, 2.75) is 38.8 Å². The predicted octanol–water partition coefficient (Wildman–Crippen LogP) is 2.83. The molecule has 1 aromatic carbocycles. The molecule has 1 aromatic rings. The van der Waals surface area contributed by atoms with Crippen LogP contribution in [0.25, 0.3) is 0 Å². The molecule has 3 unspecified atom stereocenters. The summed E-state index contributed by atoms with van der Waals surface area (Å²) in [6.45, 7) is 4.44. The Kier molecular flexibility index (Phi) is 3.48. The average molecular weight is 233 g/mol. The first kappa shape index (κ1) is 12.1.